The average Bonchev–Trinajstić information content (AvgIpc) is 2.40. The largest absolute Gasteiger partial charge is 0.433 e. The summed E-state index contributed by atoms with van der Waals surface area (Å²) in [7, 11) is 2.00. The zero-order valence-electron chi connectivity index (χ0n) is 11.0. The van der Waals surface area contributed by atoms with Crippen molar-refractivity contribution in [3.8, 4) is 6.07 Å². The summed E-state index contributed by atoms with van der Waals surface area (Å²) in [6, 6.07) is 3.91. The molecule has 0 spiro atoms. The molecule has 0 bridgehead atoms. The van der Waals surface area contributed by atoms with E-state index in [2.05, 4.69) is 15.2 Å². The van der Waals surface area contributed by atoms with E-state index in [0.29, 0.717) is 0 Å². The second-order valence-electron chi connectivity index (χ2n) is 4.92. The first kappa shape index (κ1) is 14.6. The highest BCUT2D eigenvalue weighted by Gasteiger charge is 2.33. The Bertz CT molecular complexity index is 513. The molecule has 1 aromatic rings. The van der Waals surface area contributed by atoms with Crippen molar-refractivity contribution in [1.82, 2.24) is 9.88 Å². The molecule has 0 amide bonds. The van der Waals surface area contributed by atoms with Crippen molar-refractivity contribution in [3.05, 3.63) is 23.4 Å². The molecule has 1 fully saturated rings. The summed E-state index contributed by atoms with van der Waals surface area (Å²) < 4.78 is 38.0. The fourth-order valence-corrected chi connectivity index (χ4v) is 2.16. The van der Waals surface area contributed by atoms with Crippen LogP contribution >= 0.6 is 0 Å². The third-order valence-electron chi connectivity index (χ3n) is 3.37. The maximum absolute atomic E-state index is 12.7. The number of nitrogens with zero attached hydrogens (tertiary/aromatic N) is 3. The minimum absolute atomic E-state index is 0.0249. The van der Waals surface area contributed by atoms with Crippen LogP contribution in [0, 0.1) is 11.3 Å². The van der Waals surface area contributed by atoms with Crippen molar-refractivity contribution < 1.29 is 13.2 Å². The van der Waals surface area contributed by atoms with Crippen LogP contribution in [0.25, 0.3) is 0 Å². The summed E-state index contributed by atoms with van der Waals surface area (Å²) in [4.78, 5) is 5.71. The first-order valence-corrected chi connectivity index (χ1v) is 6.33. The Morgan fingerprint density at radius 2 is 2.00 bits per heavy atom. The normalized spacial score (nSPS) is 17.8. The third kappa shape index (κ3) is 3.39. The Morgan fingerprint density at radius 3 is 2.55 bits per heavy atom. The molecule has 0 aromatic carbocycles. The van der Waals surface area contributed by atoms with Crippen molar-refractivity contribution >= 4 is 5.82 Å². The number of halogens is 3. The van der Waals surface area contributed by atoms with Crippen LogP contribution in [0.5, 0.6) is 0 Å². The molecule has 1 N–H and O–H groups in total. The molecule has 4 nitrogen and oxygen atoms in total. The Morgan fingerprint density at radius 1 is 1.35 bits per heavy atom. The van der Waals surface area contributed by atoms with E-state index in [1.807, 2.05) is 13.1 Å². The van der Waals surface area contributed by atoms with E-state index in [4.69, 9.17) is 5.26 Å². The molecule has 2 heterocycles. The quantitative estimate of drug-likeness (QED) is 0.906. The molecule has 0 aliphatic carbocycles. The van der Waals surface area contributed by atoms with E-state index in [9.17, 15) is 13.2 Å². The molecule has 2 rings (SSSR count). The lowest BCUT2D eigenvalue weighted by Crippen LogP contribution is -2.37. The molecule has 1 saturated heterocycles. The summed E-state index contributed by atoms with van der Waals surface area (Å²) in [5.41, 5.74) is -0.844. The minimum Gasteiger partial charge on any atom is -0.366 e. The lowest BCUT2D eigenvalue weighted by Gasteiger charge is -2.30. The van der Waals surface area contributed by atoms with E-state index in [1.165, 1.54) is 0 Å². The molecule has 1 aliphatic heterocycles. The minimum atomic E-state index is -4.50. The Balaban J connectivity index is 2.19. The van der Waals surface area contributed by atoms with E-state index >= 15 is 0 Å². The predicted molar refractivity (Wildman–Crippen MR) is 68.1 cm³/mol. The van der Waals surface area contributed by atoms with Gasteiger partial charge in [0, 0.05) is 6.04 Å². The van der Waals surface area contributed by atoms with Crippen molar-refractivity contribution in [2.24, 2.45) is 0 Å². The van der Waals surface area contributed by atoms with Crippen LogP contribution < -0.4 is 5.32 Å². The Labute approximate surface area is 115 Å². The van der Waals surface area contributed by atoms with Gasteiger partial charge >= 0.3 is 6.18 Å². The lowest BCUT2D eigenvalue weighted by atomic mass is 10.1. The average molecular weight is 284 g/mol. The predicted octanol–water partition coefficient (Wildman–Crippen LogP) is 2.48. The maximum Gasteiger partial charge on any atom is 0.433 e. The molecular formula is C13H15F3N4. The maximum atomic E-state index is 12.7. The van der Waals surface area contributed by atoms with Crippen LogP contribution in [0.15, 0.2) is 12.1 Å². The number of anilines is 1. The smallest absolute Gasteiger partial charge is 0.366 e. The topological polar surface area (TPSA) is 52.0 Å². The number of nitrogens with one attached hydrogen (secondary N) is 1. The fourth-order valence-electron chi connectivity index (χ4n) is 2.16. The number of aromatic nitrogens is 1. The monoisotopic (exact) mass is 284 g/mol. The Kier molecular flexibility index (Phi) is 4.14. The number of pyridine rings is 1. The van der Waals surface area contributed by atoms with E-state index in [1.54, 1.807) is 0 Å². The van der Waals surface area contributed by atoms with Crippen LogP contribution in [0.1, 0.15) is 24.1 Å². The van der Waals surface area contributed by atoms with Gasteiger partial charge in [-0.2, -0.15) is 18.4 Å². The van der Waals surface area contributed by atoms with Gasteiger partial charge in [0.1, 0.15) is 17.6 Å². The van der Waals surface area contributed by atoms with E-state index in [0.717, 1.165) is 38.1 Å². The third-order valence-corrected chi connectivity index (χ3v) is 3.37. The van der Waals surface area contributed by atoms with Crippen molar-refractivity contribution in [2.75, 3.05) is 25.5 Å². The molecule has 108 valence electrons. The van der Waals surface area contributed by atoms with Gasteiger partial charge in [-0.3, -0.25) is 0 Å². The number of nitriles is 1. The lowest BCUT2D eigenvalue weighted by molar-refractivity contribution is -0.141. The van der Waals surface area contributed by atoms with Gasteiger partial charge in [0.2, 0.25) is 0 Å². The van der Waals surface area contributed by atoms with Gasteiger partial charge in [-0.15, -0.1) is 0 Å². The van der Waals surface area contributed by atoms with Gasteiger partial charge in [0.25, 0.3) is 0 Å². The molecular weight excluding hydrogens is 269 g/mol. The molecule has 7 heteroatoms. The van der Waals surface area contributed by atoms with Crippen LogP contribution in [-0.2, 0) is 6.18 Å². The van der Waals surface area contributed by atoms with Gasteiger partial charge in [-0.25, -0.2) is 4.98 Å². The molecule has 0 unspecified atom stereocenters. The number of hydrogen-bond acceptors (Lipinski definition) is 4. The highest BCUT2D eigenvalue weighted by Crippen LogP contribution is 2.29. The summed E-state index contributed by atoms with van der Waals surface area (Å²) in [6.07, 6.45) is -2.87. The standard InChI is InChI=1S/C13H15F3N4/c1-20-6-4-10(5-7-20)18-12-9(8-17)2-3-11(19-12)13(14,15)16/h2-3,10H,4-7H2,1H3,(H,18,19). The number of alkyl halides is 3. The van der Waals surface area contributed by atoms with Crippen molar-refractivity contribution in [2.45, 2.75) is 25.1 Å². The van der Waals surface area contributed by atoms with Gasteiger partial charge in [0.05, 0.1) is 5.56 Å². The van der Waals surface area contributed by atoms with Gasteiger partial charge in [-0.1, -0.05) is 0 Å². The second-order valence-corrected chi connectivity index (χ2v) is 4.92. The Hall–Kier alpha value is -1.81. The van der Waals surface area contributed by atoms with Crippen LogP contribution in [0.4, 0.5) is 19.0 Å². The molecule has 0 radical (unpaired) electrons. The first-order chi connectivity index (χ1) is 9.40. The fraction of sp³-hybridized carbons (Fsp3) is 0.538. The zero-order valence-corrected chi connectivity index (χ0v) is 11.0. The SMILES string of the molecule is CN1CCC(Nc2nc(C(F)(F)F)ccc2C#N)CC1. The number of piperidine rings is 1. The van der Waals surface area contributed by atoms with Crippen molar-refractivity contribution in [3.63, 3.8) is 0 Å². The van der Waals surface area contributed by atoms with Crippen molar-refractivity contribution in [1.29, 1.82) is 5.26 Å². The van der Waals surface area contributed by atoms with Crippen LogP contribution in [0.3, 0.4) is 0 Å². The first-order valence-electron chi connectivity index (χ1n) is 6.33. The molecule has 0 atom stereocenters. The highest BCUT2D eigenvalue weighted by atomic mass is 19.4. The molecule has 0 saturated carbocycles. The van der Waals surface area contributed by atoms with Gasteiger partial charge in [-0.05, 0) is 45.1 Å². The van der Waals surface area contributed by atoms with E-state index in [-0.39, 0.29) is 17.4 Å². The summed E-state index contributed by atoms with van der Waals surface area (Å²) in [5, 5.41) is 11.9. The molecule has 20 heavy (non-hydrogen) atoms. The summed E-state index contributed by atoms with van der Waals surface area (Å²) in [6.45, 7) is 1.75. The van der Waals surface area contributed by atoms with Crippen LogP contribution in [0.2, 0.25) is 0 Å². The van der Waals surface area contributed by atoms with E-state index < -0.39 is 11.9 Å². The highest BCUT2D eigenvalue weighted by molar-refractivity contribution is 5.53. The number of likely N-dealkylation sites (tertiary alicyclic amines) is 1. The molecule has 1 aromatic heterocycles. The zero-order chi connectivity index (χ0) is 14.8. The van der Waals surface area contributed by atoms with Gasteiger partial charge in [0.15, 0.2) is 0 Å². The number of hydrogen-bond donors (Lipinski definition) is 1. The van der Waals surface area contributed by atoms with Crippen LogP contribution in [-0.4, -0.2) is 36.1 Å². The summed E-state index contributed by atoms with van der Waals surface area (Å²) in [5.74, 6) is 0.0249. The van der Waals surface area contributed by atoms with Gasteiger partial charge < -0.3 is 10.2 Å². The number of rotatable bonds is 2. The summed E-state index contributed by atoms with van der Waals surface area (Å²) >= 11 is 0. The second kappa shape index (κ2) is 5.67. The molecule has 1 aliphatic rings.